The first-order chi connectivity index (χ1) is 14.0. The first-order valence-corrected chi connectivity index (χ1v) is 10.2. The van der Waals surface area contributed by atoms with Gasteiger partial charge in [-0.15, -0.1) is 0 Å². The van der Waals surface area contributed by atoms with E-state index in [4.69, 9.17) is 0 Å². The molecule has 4 amide bonds. The van der Waals surface area contributed by atoms with E-state index in [1.807, 2.05) is 4.90 Å². The predicted octanol–water partition coefficient (Wildman–Crippen LogP) is 2.62. The summed E-state index contributed by atoms with van der Waals surface area (Å²) in [5, 5.41) is 13.7. The molecule has 1 aromatic rings. The molecule has 30 heavy (non-hydrogen) atoms. The Labute approximate surface area is 174 Å². The van der Waals surface area contributed by atoms with E-state index in [1.54, 1.807) is 26.8 Å². The van der Waals surface area contributed by atoms with Crippen molar-refractivity contribution in [2.75, 3.05) is 11.4 Å². The number of fused-ring (bicyclic) bond motifs is 4. The van der Waals surface area contributed by atoms with Crippen LogP contribution < -0.4 is 10.2 Å². The van der Waals surface area contributed by atoms with E-state index >= 15 is 0 Å². The van der Waals surface area contributed by atoms with E-state index in [9.17, 15) is 24.5 Å². The molecule has 1 N–H and O–H groups in total. The normalized spacial score (nSPS) is 28.9. The van der Waals surface area contributed by atoms with Crippen molar-refractivity contribution in [3.8, 4) is 0 Å². The molecule has 2 saturated heterocycles. The van der Waals surface area contributed by atoms with Crippen molar-refractivity contribution in [2.24, 2.45) is 11.3 Å². The van der Waals surface area contributed by atoms with Crippen molar-refractivity contribution in [2.45, 2.75) is 58.5 Å². The average Bonchev–Trinajstić information content (AvgIpc) is 2.64. The maximum absolute atomic E-state index is 13.8. The summed E-state index contributed by atoms with van der Waals surface area (Å²) in [6, 6.07) is 3.48. The van der Waals surface area contributed by atoms with Crippen LogP contribution in [-0.4, -0.2) is 45.8 Å². The van der Waals surface area contributed by atoms with Crippen LogP contribution in [0, 0.1) is 21.4 Å². The molecule has 0 aromatic heterocycles. The second-order valence-corrected chi connectivity index (χ2v) is 9.63. The Balaban J connectivity index is 1.91. The number of non-ortho nitro benzene ring substituents is 1. The number of barbiturate groups is 1. The molecule has 9 nitrogen and oxygen atoms in total. The third-order valence-corrected chi connectivity index (χ3v) is 6.57. The zero-order valence-electron chi connectivity index (χ0n) is 17.6. The van der Waals surface area contributed by atoms with Gasteiger partial charge in [-0.3, -0.25) is 29.9 Å². The molecular weight excluding hydrogens is 388 g/mol. The fourth-order valence-electron chi connectivity index (χ4n) is 5.13. The molecule has 0 radical (unpaired) electrons. The molecule has 3 atom stereocenters. The number of nitrogens with one attached hydrogen (secondary N) is 1. The summed E-state index contributed by atoms with van der Waals surface area (Å²) in [6.07, 6.45) is 1.55. The number of hydrogen-bond donors (Lipinski definition) is 1. The molecule has 3 heterocycles. The van der Waals surface area contributed by atoms with Crippen molar-refractivity contribution < 1.29 is 19.3 Å². The number of urea groups is 1. The molecule has 3 aliphatic rings. The predicted molar refractivity (Wildman–Crippen MR) is 109 cm³/mol. The van der Waals surface area contributed by atoms with Gasteiger partial charge in [0.2, 0.25) is 11.8 Å². The molecule has 160 valence electrons. The number of piperidine rings is 1. The van der Waals surface area contributed by atoms with Crippen LogP contribution in [-0.2, 0) is 16.0 Å². The highest BCUT2D eigenvalue weighted by Crippen LogP contribution is 2.49. The lowest BCUT2D eigenvalue weighted by atomic mass is 9.64. The Hall–Kier alpha value is -2.97. The number of amides is 4. The van der Waals surface area contributed by atoms with Crippen LogP contribution in [0.15, 0.2) is 18.2 Å². The number of rotatable bonds is 1. The van der Waals surface area contributed by atoms with Gasteiger partial charge in [0.25, 0.3) is 5.69 Å². The summed E-state index contributed by atoms with van der Waals surface area (Å²) in [6.45, 7) is 7.97. The second kappa shape index (κ2) is 6.52. The number of carbonyl (C=O) groups is 3. The highest BCUT2D eigenvalue weighted by atomic mass is 16.6. The summed E-state index contributed by atoms with van der Waals surface area (Å²) in [4.78, 5) is 53.7. The maximum atomic E-state index is 13.8. The van der Waals surface area contributed by atoms with Crippen molar-refractivity contribution >= 4 is 29.2 Å². The minimum Gasteiger partial charge on any atom is -0.367 e. The highest BCUT2D eigenvalue weighted by Gasteiger charge is 2.63. The third-order valence-electron chi connectivity index (χ3n) is 6.57. The number of anilines is 1. The standard InChI is InChI=1S/C21H26N4O5/c1-12-7-8-23-15-6-5-14(25(29)30)10-13(15)11-21(16(23)9-12)17(26)22-19(28)24(18(21)27)20(2,3)4/h5-6,10,12,16H,7-9,11H2,1-4H3,(H,22,26,28)/t12-,16-,21+/m0/s1. The molecule has 0 aliphatic carbocycles. The number of benzene rings is 1. The van der Waals surface area contributed by atoms with Crippen LogP contribution >= 0.6 is 0 Å². The van der Waals surface area contributed by atoms with Gasteiger partial charge in [0, 0.05) is 36.3 Å². The second-order valence-electron chi connectivity index (χ2n) is 9.63. The molecule has 1 aromatic carbocycles. The summed E-state index contributed by atoms with van der Waals surface area (Å²) < 4.78 is 0. The van der Waals surface area contributed by atoms with E-state index < -0.39 is 39.8 Å². The van der Waals surface area contributed by atoms with Gasteiger partial charge in [0.05, 0.1) is 11.0 Å². The van der Waals surface area contributed by atoms with Gasteiger partial charge in [0.1, 0.15) is 0 Å². The topological polar surface area (TPSA) is 113 Å². The molecule has 4 rings (SSSR count). The Morgan fingerprint density at radius 1 is 1.23 bits per heavy atom. The number of imide groups is 2. The Morgan fingerprint density at radius 3 is 2.57 bits per heavy atom. The van der Waals surface area contributed by atoms with Gasteiger partial charge in [0.15, 0.2) is 5.41 Å². The van der Waals surface area contributed by atoms with Gasteiger partial charge >= 0.3 is 6.03 Å². The lowest BCUT2D eigenvalue weighted by Crippen LogP contribution is -2.75. The minimum atomic E-state index is -1.50. The number of nitro groups is 1. The number of hydrogen-bond acceptors (Lipinski definition) is 6. The number of nitro benzene ring substituents is 1. The largest absolute Gasteiger partial charge is 0.367 e. The van der Waals surface area contributed by atoms with Gasteiger partial charge in [-0.05, 0) is 51.2 Å². The van der Waals surface area contributed by atoms with Crippen molar-refractivity contribution in [1.29, 1.82) is 0 Å². The van der Waals surface area contributed by atoms with Crippen LogP contribution in [0.5, 0.6) is 0 Å². The molecule has 0 unspecified atom stereocenters. The lowest BCUT2D eigenvalue weighted by Gasteiger charge is -2.55. The van der Waals surface area contributed by atoms with Crippen LogP contribution in [0.3, 0.4) is 0 Å². The first-order valence-electron chi connectivity index (χ1n) is 10.2. The fourth-order valence-corrected chi connectivity index (χ4v) is 5.13. The van der Waals surface area contributed by atoms with E-state index in [0.29, 0.717) is 24.4 Å². The first kappa shape index (κ1) is 20.3. The van der Waals surface area contributed by atoms with Crippen molar-refractivity contribution in [1.82, 2.24) is 10.2 Å². The van der Waals surface area contributed by atoms with E-state index in [1.165, 1.54) is 12.1 Å². The lowest BCUT2D eigenvalue weighted by molar-refractivity contribution is -0.384. The number of nitrogens with zero attached hydrogens (tertiary/aromatic N) is 3. The van der Waals surface area contributed by atoms with Crippen LogP contribution in [0.4, 0.5) is 16.2 Å². The summed E-state index contributed by atoms with van der Waals surface area (Å²) in [5.74, 6) is -0.826. The molecule has 3 aliphatic heterocycles. The van der Waals surface area contributed by atoms with Crippen molar-refractivity contribution in [3.63, 3.8) is 0 Å². The van der Waals surface area contributed by atoms with Gasteiger partial charge < -0.3 is 4.90 Å². The summed E-state index contributed by atoms with van der Waals surface area (Å²) in [5.41, 5.74) is -0.995. The molecule has 0 bridgehead atoms. The Morgan fingerprint density at radius 2 is 1.93 bits per heavy atom. The maximum Gasteiger partial charge on any atom is 0.331 e. The van der Waals surface area contributed by atoms with E-state index in [-0.39, 0.29) is 12.1 Å². The molecular formula is C21H26N4O5. The summed E-state index contributed by atoms with van der Waals surface area (Å²) >= 11 is 0. The molecule has 0 saturated carbocycles. The van der Waals surface area contributed by atoms with Crippen LogP contribution in [0.25, 0.3) is 0 Å². The van der Waals surface area contributed by atoms with Crippen LogP contribution in [0.2, 0.25) is 0 Å². The number of carbonyl (C=O) groups excluding carboxylic acids is 3. The quantitative estimate of drug-likeness (QED) is 0.429. The van der Waals surface area contributed by atoms with Gasteiger partial charge in [-0.1, -0.05) is 6.92 Å². The molecule has 9 heteroatoms. The zero-order valence-corrected chi connectivity index (χ0v) is 17.6. The summed E-state index contributed by atoms with van der Waals surface area (Å²) in [7, 11) is 0. The van der Waals surface area contributed by atoms with Gasteiger partial charge in [-0.2, -0.15) is 0 Å². The fraction of sp³-hybridized carbons (Fsp3) is 0.571. The molecule has 2 fully saturated rings. The minimum absolute atomic E-state index is 0.0302. The van der Waals surface area contributed by atoms with E-state index in [0.717, 1.165) is 17.0 Å². The smallest absolute Gasteiger partial charge is 0.331 e. The van der Waals surface area contributed by atoms with Crippen molar-refractivity contribution in [3.05, 3.63) is 33.9 Å². The monoisotopic (exact) mass is 414 g/mol. The van der Waals surface area contributed by atoms with Crippen LogP contribution in [0.1, 0.15) is 46.1 Å². The van der Waals surface area contributed by atoms with E-state index in [2.05, 4.69) is 12.2 Å². The van der Waals surface area contributed by atoms with Gasteiger partial charge in [-0.25, -0.2) is 4.79 Å². The highest BCUT2D eigenvalue weighted by molar-refractivity contribution is 6.20. The zero-order chi connectivity index (χ0) is 22.0. The third kappa shape index (κ3) is 2.79. The Kier molecular flexibility index (Phi) is 4.41. The Bertz CT molecular complexity index is 969. The molecule has 1 spiro atoms. The SMILES string of the molecule is C[C@H]1CCN2c3ccc([N+](=O)[O-])cc3C[C@]3(C(=O)NC(=O)N(C(C)(C)C)C3=O)[C@@H]2C1. The average molecular weight is 414 g/mol.